The average Bonchev–Trinajstić information content (AvgIpc) is 2.39. The smallest absolute Gasteiger partial charge is 0.336 e. The van der Waals surface area contributed by atoms with Crippen LogP contribution in [0.25, 0.3) is 0 Å². The van der Waals surface area contributed by atoms with E-state index in [0.717, 1.165) is 12.8 Å². The standard InChI is InChI=1S/C15H22N2O3/c1-10(8-9-16)6-7-14(18)17-13-5-3-4-12(11(13)2)15(19)20/h3-5,10H,6-9,16H2,1-2H3,(H,17,18)(H,19,20). The number of carbonyl (C=O) groups excluding carboxylic acids is 1. The number of carboxylic acids is 1. The van der Waals surface area contributed by atoms with E-state index in [1.807, 2.05) is 0 Å². The van der Waals surface area contributed by atoms with Crippen molar-refractivity contribution in [2.24, 2.45) is 11.7 Å². The minimum absolute atomic E-state index is 0.0977. The SMILES string of the molecule is Cc1c(NC(=O)CCC(C)CCN)cccc1C(=O)O. The van der Waals surface area contributed by atoms with Gasteiger partial charge in [-0.05, 0) is 49.9 Å². The monoisotopic (exact) mass is 278 g/mol. The van der Waals surface area contributed by atoms with E-state index in [4.69, 9.17) is 10.8 Å². The molecule has 0 saturated heterocycles. The van der Waals surface area contributed by atoms with Gasteiger partial charge < -0.3 is 16.2 Å². The van der Waals surface area contributed by atoms with Crippen LogP contribution in [0.15, 0.2) is 18.2 Å². The molecule has 1 aromatic carbocycles. The van der Waals surface area contributed by atoms with Crippen LogP contribution in [0.3, 0.4) is 0 Å². The van der Waals surface area contributed by atoms with Gasteiger partial charge in [-0.2, -0.15) is 0 Å². The van der Waals surface area contributed by atoms with E-state index in [1.54, 1.807) is 19.1 Å². The molecule has 4 N–H and O–H groups in total. The van der Waals surface area contributed by atoms with Crippen molar-refractivity contribution < 1.29 is 14.7 Å². The van der Waals surface area contributed by atoms with Gasteiger partial charge in [0.15, 0.2) is 0 Å². The van der Waals surface area contributed by atoms with Crippen molar-refractivity contribution >= 4 is 17.6 Å². The van der Waals surface area contributed by atoms with Crippen LogP contribution < -0.4 is 11.1 Å². The number of amides is 1. The summed E-state index contributed by atoms with van der Waals surface area (Å²) < 4.78 is 0. The molecular weight excluding hydrogens is 256 g/mol. The Morgan fingerprint density at radius 2 is 2.05 bits per heavy atom. The Morgan fingerprint density at radius 3 is 2.65 bits per heavy atom. The molecule has 0 radical (unpaired) electrons. The second kappa shape index (κ2) is 7.65. The van der Waals surface area contributed by atoms with Crippen LogP contribution in [0, 0.1) is 12.8 Å². The van der Waals surface area contributed by atoms with Crippen LogP contribution in [-0.4, -0.2) is 23.5 Å². The van der Waals surface area contributed by atoms with Crippen molar-refractivity contribution in [3.8, 4) is 0 Å². The van der Waals surface area contributed by atoms with Crippen molar-refractivity contribution in [3.05, 3.63) is 29.3 Å². The molecule has 1 rings (SSSR count). The minimum Gasteiger partial charge on any atom is -0.478 e. The van der Waals surface area contributed by atoms with Gasteiger partial charge in [0, 0.05) is 12.1 Å². The number of nitrogens with two attached hydrogens (primary N) is 1. The summed E-state index contributed by atoms with van der Waals surface area (Å²) in [5, 5.41) is 11.8. The third-order valence-corrected chi connectivity index (χ3v) is 3.36. The average molecular weight is 278 g/mol. The summed E-state index contributed by atoms with van der Waals surface area (Å²) in [5.74, 6) is -0.674. The molecule has 20 heavy (non-hydrogen) atoms. The minimum atomic E-state index is -0.991. The summed E-state index contributed by atoms with van der Waals surface area (Å²) in [7, 11) is 0. The van der Waals surface area contributed by atoms with Crippen molar-refractivity contribution in [2.75, 3.05) is 11.9 Å². The summed E-state index contributed by atoms with van der Waals surface area (Å²) in [6.07, 6.45) is 2.10. The Morgan fingerprint density at radius 1 is 1.35 bits per heavy atom. The lowest BCUT2D eigenvalue weighted by Gasteiger charge is -2.12. The van der Waals surface area contributed by atoms with Crippen LogP contribution >= 0.6 is 0 Å². The number of carbonyl (C=O) groups is 2. The van der Waals surface area contributed by atoms with Gasteiger partial charge in [0.05, 0.1) is 5.56 Å². The first-order valence-corrected chi connectivity index (χ1v) is 6.78. The van der Waals surface area contributed by atoms with Crippen LogP contribution in [0.2, 0.25) is 0 Å². The summed E-state index contributed by atoms with van der Waals surface area (Å²) in [5.41, 5.74) is 6.81. The predicted octanol–water partition coefficient (Wildman–Crippen LogP) is 2.40. The van der Waals surface area contributed by atoms with E-state index < -0.39 is 5.97 Å². The molecule has 0 saturated carbocycles. The first-order chi connectivity index (χ1) is 9.45. The number of hydrogen-bond donors (Lipinski definition) is 3. The number of aromatic carboxylic acids is 1. The normalized spacial score (nSPS) is 11.9. The fraction of sp³-hybridized carbons (Fsp3) is 0.467. The molecule has 0 aliphatic heterocycles. The molecule has 5 heteroatoms. The van der Waals surface area contributed by atoms with Crippen LogP contribution in [0.5, 0.6) is 0 Å². The fourth-order valence-corrected chi connectivity index (χ4v) is 2.02. The summed E-state index contributed by atoms with van der Waals surface area (Å²) in [6.45, 7) is 4.38. The number of benzene rings is 1. The van der Waals surface area contributed by atoms with Gasteiger partial charge in [0.2, 0.25) is 5.91 Å². The molecule has 0 aromatic heterocycles. The highest BCUT2D eigenvalue weighted by Crippen LogP contribution is 2.19. The van der Waals surface area contributed by atoms with E-state index in [2.05, 4.69) is 12.2 Å². The highest BCUT2D eigenvalue weighted by atomic mass is 16.4. The quantitative estimate of drug-likeness (QED) is 0.714. The number of nitrogens with one attached hydrogen (secondary N) is 1. The molecule has 0 bridgehead atoms. The second-order valence-corrected chi connectivity index (χ2v) is 5.05. The van der Waals surface area contributed by atoms with Crippen molar-refractivity contribution in [2.45, 2.75) is 33.1 Å². The van der Waals surface area contributed by atoms with Crippen LogP contribution in [0.1, 0.15) is 42.1 Å². The Bertz CT molecular complexity index is 486. The van der Waals surface area contributed by atoms with E-state index in [1.165, 1.54) is 6.07 Å². The lowest BCUT2D eigenvalue weighted by Crippen LogP contribution is -2.15. The number of rotatable bonds is 7. The highest BCUT2D eigenvalue weighted by Gasteiger charge is 2.12. The van der Waals surface area contributed by atoms with Gasteiger partial charge >= 0.3 is 5.97 Å². The summed E-state index contributed by atoms with van der Waals surface area (Å²) in [6, 6.07) is 4.86. The van der Waals surface area contributed by atoms with Gasteiger partial charge in [0.25, 0.3) is 0 Å². The Kier molecular flexibility index (Phi) is 6.18. The third kappa shape index (κ3) is 4.66. The molecule has 0 aliphatic rings. The number of hydrogen-bond acceptors (Lipinski definition) is 3. The first-order valence-electron chi connectivity index (χ1n) is 6.78. The molecule has 0 heterocycles. The molecule has 0 spiro atoms. The van der Waals surface area contributed by atoms with Crippen LogP contribution in [0.4, 0.5) is 5.69 Å². The molecule has 0 fully saturated rings. The Labute approximate surface area is 119 Å². The Balaban J connectivity index is 2.62. The topological polar surface area (TPSA) is 92.4 Å². The van der Waals surface area contributed by atoms with Gasteiger partial charge in [-0.3, -0.25) is 4.79 Å². The molecule has 0 aliphatic carbocycles. The Hall–Kier alpha value is -1.88. The van der Waals surface area contributed by atoms with Gasteiger partial charge in [-0.25, -0.2) is 4.79 Å². The fourth-order valence-electron chi connectivity index (χ4n) is 2.02. The van der Waals surface area contributed by atoms with Crippen molar-refractivity contribution in [1.82, 2.24) is 0 Å². The second-order valence-electron chi connectivity index (χ2n) is 5.05. The molecule has 1 unspecified atom stereocenters. The maximum Gasteiger partial charge on any atom is 0.336 e. The lowest BCUT2D eigenvalue weighted by atomic mass is 10.0. The zero-order valence-electron chi connectivity index (χ0n) is 12.0. The van der Waals surface area contributed by atoms with E-state index in [-0.39, 0.29) is 11.5 Å². The number of anilines is 1. The van der Waals surface area contributed by atoms with Crippen molar-refractivity contribution in [1.29, 1.82) is 0 Å². The van der Waals surface area contributed by atoms with Crippen molar-refractivity contribution in [3.63, 3.8) is 0 Å². The first kappa shape index (κ1) is 16.2. The molecule has 5 nitrogen and oxygen atoms in total. The molecular formula is C15H22N2O3. The highest BCUT2D eigenvalue weighted by molar-refractivity contribution is 5.96. The zero-order chi connectivity index (χ0) is 15.1. The van der Waals surface area contributed by atoms with Crippen LogP contribution in [-0.2, 0) is 4.79 Å². The number of carboxylic acid groups (broad SMARTS) is 1. The zero-order valence-corrected chi connectivity index (χ0v) is 12.0. The van der Waals surface area contributed by atoms with Gasteiger partial charge in [0.1, 0.15) is 0 Å². The molecule has 1 amide bonds. The summed E-state index contributed by atoms with van der Waals surface area (Å²) >= 11 is 0. The van der Waals surface area contributed by atoms with Gasteiger partial charge in [-0.15, -0.1) is 0 Å². The molecule has 110 valence electrons. The van der Waals surface area contributed by atoms with E-state index in [0.29, 0.717) is 30.1 Å². The molecule has 1 atom stereocenters. The lowest BCUT2D eigenvalue weighted by molar-refractivity contribution is -0.116. The van der Waals surface area contributed by atoms with E-state index in [9.17, 15) is 9.59 Å². The third-order valence-electron chi connectivity index (χ3n) is 3.36. The predicted molar refractivity (Wildman–Crippen MR) is 78.8 cm³/mol. The largest absolute Gasteiger partial charge is 0.478 e. The maximum absolute atomic E-state index is 11.9. The molecule has 1 aromatic rings. The van der Waals surface area contributed by atoms with E-state index >= 15 is 0 Å². The maximum atomic E-state index is 11.9. The summed E-state index contributed by atoms with van der Waals surface area (Å²) in [4.78, 5) is 22.9. The van der Waals surface area contributed by atoms with Gasteiger partial charge in [-0.1, -0.05) is 13.0 Å².